The Balaban J connectivity index is 2.61. The highest BCUT2D eigenvalue weighted by molar-refractivity contribution is 6.35. The van der Waals surface area contributed by atoms with Gasteiger partial charge in [-0.1, -0.05) is 29.3 Å². The van der Waals surface area contributed by atoms with Crippen LogP contribution in [0.15, 0.2) is 36.7 Å². The lowest BCUT2D eigenvalue weighted by Gasteiger charge is -2.03. The first-order valence-corrected chi connectivity index (χ1v) is 5.23. The number of benzene rings is 1. The van der Waals surface area contributed by atoms with Crippen molar-refractivity contribution in [3.8, 4) is 0 Å². The van der Waals surface area contributed by atoms with Crippen molar-refractivity contribution in [1.29, 1.82) is 0 Å². The molecule has 0 saturated carbocycles. The Morgan fingerprint density at radius 1 is 1.00 bits per heavy atom. The van der Waals surface area contributed by atoms with Crippen LogP contribution in [-0.4, -0.2) is 9.38 Å². The molecule has 4 heteroatoms. The van der Waals surface area contributed by atoms with E-state index in [1.807, 2.05) is 34.9 Å². The molecule has 3 aromatic rings. The number of rotatable bonds is 0. The van der Waals surface area contributed by atoms with Crippen LogP contribution in [0, 0.1) is 0 Å². The minimum Gasteiger partial charge on any atom is -0.312 e. The van der Waals surface area contributed by atoms with Crippen LogP contribution in [0.1, 0.15) is 0 Å². The number of nitrogens with zero attached hydrogens (tertiary/aromatic N) is 2. The second kappa shape index (κ2) is 3.12. The maximum absolute atomic E-state index is 6.06. The molecule has 0 atom stereocenters. The largest absolute Gasteiger partial charge is 0.312 e. The van der Waals surface area contributed by atoms with E-state index in [9.17, 15) is 0 Å². The highest BCUT2D eigenvalue weighted by atomic mass is 35.5. The molecule has 2 nitrogen and oxygen atoms in total. The van der Waals surface area contributed by atoms with Crippen molar-refractivity contribution in [3.63, 3.8) is 0 Å². The zero-order valence-corrected chi connectivity index (χ0v) is 9.13. The van der Waals surface area contributed by atoms with E-state index in [1.54, 1.807) is 6.20 Å². The molecule has 0 spiro atoms. The van der Waals surface area contributed by atoms with Crippen LogP contribution < -0.4 is 0 Å². The van der Waals surface area contributed by atoms with E-state index in [-0.39, 0.29) is 0 Å². The molecule has 0 amide bonds. The second-order valence-electron chi connectivity index (χ2n) is 3.28. The van der Waals surface area contributed by atoms with E-state index in [0.29, 0.717) is 10.0 Å². The highest BCUT2D eigenvalue weighted by Crippen LogP contribution is 2.25. The van der Waals surface area contributed by atoms with Gasteiger partial charge in [-0.05, 0) is 18.2 Å². The van der Waals surface area contributed by atoms with Gasteiger partial charge >= 0.3 is 0 Å². The van der Waals surface area contributed by atoms with Crippen molar-refractivity contribution >= 4 is 39.8 Å². The Kier molecular flexibility index (Phi) is 1.87. The molecule has 0 radical (unpaired) electrons. The molecule has 0 fully saturated rings. The molecule has 1 aromatic carbocycles. The van der Waals surface area contributed by atoms with Gasteiger partial charge in [0.15, 0.2) is 0 Å². The minimum absolute atomic E-state index is 0.652. The Hall–Kier alpha value is -1.25. The molecule has 0 aliphatic heterocycles. The van der Waals surface area contributed by atoms with E-state index < -0.39 is 0 Å². The Morgan fingerprint density at radius 3 is 2.73 bits per heavy atom. The van der Waals surface area contributed by atoms with Crippen LogP contribution in [0.4, 0.5) is 0 Å². The molecule has 0 aliphatic carbocycles. The lowest BCUT2D eigenvalue weighted by Crippen LogP contribution is -1.89. The summed E-state index contributed by atoms with van der Waals surface area (Å²) in [6.07, 6.45) is 3.65. The zero-order chi connectivity index (χ0) is 10.4. The summed E-state index contributed by atoms with van der Waals surface area (Å²) in [6, 6.07) is 7.55. The molecule has 0 unspecified atom stereocenters. The van der Waals surface area contributed by atoms with Crippen molar-refractivity contribution < 1.29 is 0 Å². The number of aromatic nitrogens is 2. The van der Waals surface area contributed by atoms with Gasteiger partial charge in [-0.25, -0.2) is 0 Å². The van der Waals surface area contributed by atoms with Crippen LogP contribution in [0.2, 0.25) is 10.0 Å². The maximum Gasteiger partial charge on any atom is 0.106 e. The Morgan fingerprint density at radius 2 is 1.87 bits per heavy atom. The third kappa shape index (κ3) is 1.22. The van der Waals surface area contributed by atoms with Gasteiger partial charge in [-0.3, -0.25) is 4.98 Å². The summed E-state index contributed by atoms with van der Waals surface area (Å²) in [5.74, 6) is 0. The van der Waals surface area contributed by atoms with Crippen LogP contribution in [-0.2, 0) is 0 Å². The molecule has 0 bridgehead atoms. The fraction of sp³-hybridized carbons (Fsp3) is 0. The number of hydrogen-bond acceptors (Lipinski definition) is 1. The fourth-order valence-electron chi connectivity index (χ4n) is 1.71. The first kappa shape index (κ1) is 9.01. The first-order valence-electron chi connectivity index (χ1n) is 4.47. The molecular weight excluding hydrogens is 231 g/mol. The van der Waals surface area contributed by atoms with Gasteiger partial charge in [-0.2, -0.15) is 0 Å². The normalized spacial score (nSPS) is 11.3. The molecule has 2 heterocycles. The molecule has 3 rings (SSSR count). The van der Waals surface area contributed by atoms with Gasteiger partial charge in [-0.15, -0.1) is 0 Å². The predicted octanol–water partition coefficient (Wildman–Crippen LogP) is 3.79. The van der Waals surface area contributed by atoms with E-state index in [0.717, 1.165) is 16.6 Å². The maximum atomic E-state index is 6.06. The van der Waals surface area contributed by atoms with Crippen molar-refractivity contribution in [2.45, 2.75) is 0 Å². The molecule has 15 heavy (non-hydrogen) atoms. The standard InChI is InChI=1S/C11H6Cl2N2/c12-7-4-5-15-9-3-1-2-8(13)11(9)14-6-10(7)15/h1-6H. The van der Waals surface area contributed by atoms with Crippen molar-refractivity contribution in [2.24, 2.45) is 0 Å². The SMILES string of the molecule is Clc1cccc2c1ncc1c(Cl)ccn12. The highest BCUT2D eigenvalue weighted by Gasteiger charge is 2.06. The van der Waals surface area contributed by atoms with Crippen LogP contribution in [0.3, 0.4) is 0 Å². The smallest absolute Gasteiger partial charge is 0.106 e. The Bertz CT molecular complexity index is 658. The van der Waals surface area contributed by atoms with Gasteiger partial charge < -0.3 is 4.40 Å². The Labute approximate surface area is 96.1 Å². The van der Waals surface area contributed by atoms with Gasteiger partial charge in [0.1, 0.15) is 5.52 Å². The van der Waals surface area contributed by atoms with Gasteiger partial charge in [0.05, 0.1) is 27.3 Å². The van der Waals surface area contributed by atoms with E-state index in [1.165, 1.54) is 0 Å². The summed E-state index contributed by atoms with van der Waals surface area (Å²) in [5, 5.41) is 1.35. The zero-order valence-electron chi connectivity index (χ0n) is 7.61. The molecule has 2 aromatic heterocycles. The summed E-state index contributed by atoms with van der Waals surface area (Å²) in [4.78, 5) is 4.30. The fourth-order valence-corrected chi connectivity index (χ4v) is 2.12. The monoisotopic (exact) mass is 236 g/mol. The minimum atomic E-state index is 0.652. The lowest BCUT2D eigenvalue weighted by molar-refractivity contribution is 1.23. The number of halogens is 2. The lowest BCUT2D eigenvalue weighted by atomic mass is 10.3. The third-order valence-electron chi connectivity index (χ3n) is 2.42. The summed E-state index contributed by atoms with van der Waals surface area (Å²) in [6.45, 7) is 0. The molecular formula is C11H6Cl2N2. The van der Waals surface area contributed by atoms with Crippen LogP contribution in [0.25, 0.3) is 16.6 Å². The summed E-state index contributed by atoms with van der Waals surface area (Å²) >= 11 is 12.1. The molecule has 0 aliphatic rings. The van der Waals surface area contributed by atoms with Gasteiger partial charge in [0.2, 0.25) is 0 Å². The predicted molar refractivity (Wildman–Crippen MR) is 62.7 cm³/mol. The van der Waals surface area contributed by atoms with Crippen LogP contribution in [0.5, 0.6) is 0 Å². The number of para-hydroxylation sites is 1. The quantitative estimate of drug-likeness (QED) is 0.581. The van der Waals surface area contributed by atoms with E-state index >= 15 is 0 Å². The average Bonchev–Trinajstić information content (AvgIpc) is 2.61. The van der Waals surface area contributed by atoms with Gasteiger partial charge in [0, 0.05) is 6.20 Å². The third-order valence-corrected chi connectivity index (χ3v) is 3.04. The van der Waals surface area contributed by atoms with Crippen LogP contribution >= 0.6 is 23.2 Å². The van der Waals surface area contributed by atoms with Crippen molar-refractivity contribution in [3.05, 3.63) is 46.7 Å². The van der Waals surface area contributed by atoms with Crippen molar-refractivity contribution in [2.75, 3.05) is 0 Å². The average molecular weight is 237 g/mol. The van der Waals surface area contributed by atoms with Crippen molar-refractivity contribution in [1.82, 2.24) is 9.38 Å². The molecule has 0 saturated heterocycles. The summed E-state index contributed by atoms with van der Waals surface area (Å²) < 4.78 is 1.98. The topological polar surface area (TPSA) is 17.3 Å². The second-order valence-corrected chi connectivity index (χ2v) is 4.10. The summed E-state index contributed by atoms with van der Waals surface area (Å²) in [7, 11) is 0. The van der Waals surface area contributed by atoms with E-state index in [2.05, 4.69) is 4.98 Å². The summed E-state index contributed by atoms with van der Waals surface area (Å²) in [5.41, 5.74) is 2.65. The molecule has 74 valence electrons. The van der Waals surface area contributed by atoms with Gasteiger partial charge in [0.25, 0.3) is 0 Å². The number of fused-ring (bicyclic) bond motifs is 3. The first-order chi connectivity index (χ1) is 7.27. The number of hydrogen-bond donors (Lipinski definition) is 0. The molecule has 0 N–H and O–H groups in total. The van der Waals surface area contributed by atoms with E-state index in [4.69, 9.17) is 23.2 Å².